The Morgan fingerprint density at radius 3 is 2.71 bits per heavy atom. The fourth-order valence-electron chi connectivity index (χ4n) is 1.99. The number of hydrogen-bond donors (Lipinski definition) is 2. The Kier molecular flexibility index (Phi) is 4.42. The van der Waals surface area contributed by atoms with Crippen LogP contribution in [0.25, 0.3) is 10.9 Å². The van der Waals surface area contributed by atoms with E-state index in [0.717, 1.165) is 0 Å². The van der Waals surface area contributed by atoms with Crippen molar-refractivity contribution < 1.29 is 18.3 Å². The number of carbonyl (C=O) groups is 1. The zero-order chi connectivity index (χ0) is 15.5. The smallest absolute Gasteiger partial charge is 0.336 e. The SMILES string of the molecule is CS(=O)(=O)CCCNc1ccc2c(C(=O)O)cccc2n1. The summed E-state index contributed by atoms with van der Waals surface area (Å²) in [6.07, 6.45) is 1.70. The van der Waals surface area contributed by atoms with Crippen molar-refractivity contribution >= 4 is 32.5 Å². The van der Waals surface area contributed by atoms with Crippen molar-refractivity contribution in [2.24, 2.45) is 0 Å². The minimum Gasteiger partial charge on any atom is -0.478 e. The van der Waals surface area contributed by atoms with Crippen LogP contribution in [-0.4, -0.2) is 43.0 Å². The number of aromatic carboxylic acids is 1. The average Bonchev–Trinajstić information content (AvgIpc) is 2.41. The maximum Gasteiger partial charge on any atom is 0.336 e. The molecule has 1 aromatic heterocycles. The minimum atomic E-state index is -2.95. The van der Waals surface area contributed by atoms with Crippen molar-refractivity contribution in [1.29, 1.82) is 0 Å². The van der Waals surface area contributed by atoms with Crippen molar-refractivity contribution in [2.45, 2.75) is 6.42 Å². The molecule has 2 aromatic rings. The van der Waals surface area contributed by atoms with E-state index >= 15 is 0 Å². The summed E-state index contributed by atoms with van der Waals surface area (Å²) in [4.78, 5) is 15.4. The molecule has 6 nitrogen and oxygen atoms in total. The highest BCUT2D eigenvalue weighted by Crippen LogP contribution is 2.19. The quantitative estimate of drug-likeness (QED) is 0.790. The number of aromatic nitrogens is 1. The highest BCUT2D eigenvalue weighted by molar-refractivity contribution is 7.90. The predicted molar refractivity (Wildman–Crippen MR) is 81.5 cm³/mol. The van der Waals surface area contributed by atoms with E-state index in [4.69, 9.17) is 5.11 Å². The first-order valence-corrected chi connectivity index (χ1v) is 8.47. The van der Waals surface area contributed by atoms with Gasteiger partial charge in [0.05, 0.1) is 16.8 Å². The van der Waals surface area contributed by atoms with Crippen LogP contribution in [0.1, 0.15) is 16.8 Å². The molecule has 0 atom stereocenters. The molecular weight excluding hydrogens is 292 g/mol. The molecule has 1 aromatic carbocycles. The van der Waals surface area contributed by atoms with Crippen LogP contribution in [0.15, 0.2) is 30.3 Å². The standard InChI is InChI=1S/C14H16N2O4S/c1-21(19,20)9-3-8-15-13-7-6-10-11(14(17)18)4-2-5-12(10)16-13/h2,4-7H,3,8-9H2,1H3,(H,15,16)(H,17,18). The first-order valence-electron chi connectivity index (χ1n) is 6.41. The number of anilines is 1. The van der Waals surface area contributed by atoms with Gasteiger partial charge < -0.3 is 10.4 Å². The number of benzene rings is 1. The summed E-state index contributed by atoms with van der Waals surface area (Å²) < 4.78 is 22.0. The average molecular weight is 308 g/mol. The second-order valence-electron chi connectivity index (χ2n) is 4.78. The molecule has 2 rings (SSSR count). The number of rotatable bonds is 6. The van der Waals surface area contributed by atoms with Crippen LogP contribution >= 0.6 is 0 Å². The van der Waals surface area contributed by atoms with E-state index in [9.17, 15) is 13.2 Å². The molecule has 0 saturated carbocycles. The van der Waals surface area contributed by atoms with Crippen molar-refractivity contribution in [3.05, 3.63) is 35.9 Å². The summed E-state index contributed by atoms with van der Waals surface area (Å²) in [6.45, 7) is 0.490. The molecular formula is C14H16N2O4S. The maximum absolute atomic E-state index is 11.1. The molecule has 0 amide bonds. The number of hydrogen-bond acceptors (Lipinski definition) is 5. The molecule has 112 valence electrons. The Morgan fingerprint density at radius 1 is 1.29 bits per heavy atom. The highest BCUT2D eigenvalue weighted by atomic mass is 32.2. The molecule has 0 aliphatic rings. The number of carboxylic acids is 1. The van der Waals surface area contributed by atoms with E-state index in [1.54, 1.807) is 24.3 Å². The first kappa shape index (κ1) is 15.2. The lowest BCUT2D eigenvalue weighted by Gasteiger charge is -2.07. The van der Waals surface area contributed by atoms with Crippen LogP contribution in [0.2, 0.25) is 0 Å². The largest absolute Gasteiger partial charge is 0.478 e. The molecule has 0 aliphatic heterocycles. The number of sulfone groups is 1. The summed E-state index contributed by atoms with van der Waals surface area (Å²) in [7, 11) is -2.95. The number of nitrogens with zero attached hydrogens (tertiary/aromatic N) is 1. The highest BCUT2D eigenvalue weighted by Gasteiger charge is 2.09. The van der Waals surface area contributed by atoms with Crippen LogP contribution in [0.5, 0.6) is 0 Å². The normalized spacial score (nSPS) is 11.5. The first-order chi connectivity index (χ1) is 9.87. The van der Waals surface area contributed by atoms with Gasteiger partial charge in [0.15, 0.2) is 0 Å². The van der Waals surface area contributed by atoms with Crippen LogP contribution in [0.3, 0.4) is 0 Å². The van der Waals surface area contributed by atoms with Gasteiger partial charge in [-0.15, -0.1) is 0 Å². The molecule has 0 radical (unpaired) electrons. The van der Waals surface area contributed by atoms with Gasteiger partial charge in [-0.1, -0.05) is 6.07 Å². The Bertz CT molecular complexity index is 772. The topological polar surface area (TPSA) is 96.4 Å². The van der Waals surface area contributed by atoms with E-state index in [1.165, 1.54) is 12.3 Å². The lowest BCUT2D eigenvalue weighted by atomic mass is 10.1. The van der Waals surface area contributed by atoms with Crippen LogP contribution in [0, 0.1) is 0 Å². The van der Waals surface area contributed by atoms with Crippen LogP contribution in [0.4, 0.5) is 5.82 Å². The van der Waals surface area contributed by atoms with Gasteiger partial charge in [0, 0.05) is 18.2 Å². The monoisotopic (exact) mass is 308 g/mol. The molecule has 7 heteroatoms. The van der Waals surface area contributed by atoms with Gasteiger partial charge in [-0.2, -0.15) is 0 Å². The van der Waals surface area contributed by atoms with E-state index in [-0.39, 0.29) is 11.3 Å². The second-order valence-corrected chi connectivity index (χ2v) is 7.04. The lowest BCUT2D eigenvalue weighted by molar-refractivity contribution is 0.0699. The van der Waals surface area contributed by atoms with Gasteiger partial charge >= 0.3 is 5.97 Å². The van der Waals surface area contributed by atoms with E-state index in [2.05, 4.69) is 10.3 Å². The fraction of sp³-hybridized carbons (Fsp3) is 0.286. The third-order valence-electron chi connectivity index (χ3n) is 2.96. The fourth-order valence-corrected chi connectivity index (χ4v) is 2.66. The Balaban J connectivity index is 2.11. The van der Waals surface area contributed by atoms with Gasteiger partial charge in [0.2, 0.25) is 0 Å². The second kappa shape index (κ2) is 6.09. The van der Waals surface area contributed by atoms with Crippen LogP contribution < -0.4 is 5.32 Å². The molecule has 0 spiro atoms. The van der Waals surface area contributed by atoms with Gasteiger partial charge in [-0.25, -0.2) is 18.2 Å². The van der Waals surface area contributed by atoms with E-state index < -0.39 is 15.8 Å². The maximum atomic E-state index is 11.1. The number of carboxylic acid groups (broad SMARTS) is 1. The zero-order valence-electron chi connectivity index (χ0n) is 11.5. The van der Waals surface area contributed by atoms with Crippen molar-refractivity contribution in [2.75, 3.05) is 23.9 Å². The third kappa shape index (κ3) is 4.16. The van der Waals surface area contributed by atoms with Crippen molar-refractivity contribution in [1.82, 2.24) is 4.98 Å². The summed E-state index contributed by atoms with van der Waals surface area (Å²) in [5, 5.41) is 12.7. The van der Waals surface area contributed by atoms with Gasteiger partial charge in [-0.05, 0) is 30.7 Å². The zero-order valence-corrected chi connectivity index (χ0v) is 12.4. The van der Waals surface area contributed by atoms with E-state index in [1.807, 2.05) is 0 Å². The molecule has 0 unspecified atom stereocenters. The lowest BCUT2D eigenvalue weighted by Crippen LogP contribution is -2.10. The Hall–Kier alpha value is -2.15. The summed E-state index contributed by atoms with van der Waals surface area (Å²) >= 11 is 0. The van der Waals surface area contributed by atoms with Crippen molar-refractivity contribution in [3.63, 3.8) is 0 Å². The molecule has 21 heavy (non-hydrogen) atoms. The Labute approximate surface area is 122 Å². The molecule has 1 heterocycles. The Morgan fingerprint density at radius 2 is 2.05 bits per heavy atom. The molecule has 0 fully saturated rings. The molecule has 0 aliphatic carbocycles. The van der Waals surface area contributed by atoms with E-state index in [0.29, 0.717) is 29.7 Å². The summed E-state index contributed by atoms with van der Waals surface area (Å²) in [5.41, 5.74) is 0.798. The number of fused-ring (bicyclic) bond motifs is 1. The summed E-state index contributed by atoms with van der Waals surface area (Å²) in [6, 6.07) is 8.31. The number of nitrogens with one attached hydrogen (secondary N) is 1. The molecule has 2 N–H and O–H groups in total. The van der Waals surface area contributed by atoms with Gasteiger partial charge in [-0.3, -0.25) is 0 Å². The third-order valence-corrected chi connectivity index (χ3v) is 3.99. The van der Waals surface area contributed by atoms with Gasteiger partial charge in [0.25, 0.3) is 0 Å². The number of pyridine rings is 1. The van der Waals surface area contributed by atoms with Gasteiger partial charge in [0.1, 0.15) is 15.7 Å². The van der Waals surface area contributed by atoms with Crippen LogP contribution in [-0.2, 0) is 9.84 Å². The summed E-state index contributed by atoms with van der Waals surface area (Å²) in [5.74, 6) is -0.272. The molecule has 0 saturated heterocycles. The predicted octanol–water partition coefficient (Wildman–Crippen LogP) is 1.78. The van der Waals surface area contributed by atoms with Crippen molar-refractivity contribution in [3.8, 4) is 0 Å². The molecule has 0 bridgehead atoms. The minimum absolute atomic E-state index is 0.122.